The fraction of sp³-hybridized carbons (Fsp3) is 0.367. The summed E-state index contributed by atoms with van der Waals surface area (Å²) in [6.07, 6.45) is -14.0. The van der Waals surface area contributed by atoms with Crippen molar-refractivity contribution in [1.29, 1.82) is 0 Å². The predicted octanol–water partition coefficient (Wildman–Crippen LogP) is 4.01. The highest BCUT2D eigenvalue weighted by Crippen LogP contribution is 2.38. The third-order valence-corrected chi connectivity index (χ3v) is 11.0. The molecule has 0 saturated carbocycles. The molecule has 3 aliphatic heterocycles. The van der Waals surface area contributed by atoms with Gasteiger partial charge in [0.1, 0.15) is 37.1 Å². The number of hydroxylamine groups is 1. The van der Waals surface area contributed by atoms with E-state index in [0.717, 1.165) is 38.2 Å². The van der Waals surface area contributed by atoms with Crippen LogP contribution in [0.25, 0.3) is 0 Å². The number of hydrogen-bond acceptors (Lipinski definition) is 17. The summed E-state index contributed by atoms with van der Waals surface area (Å²) in [6, 6.07) is 30.8. The van der Waals surface area contributed by atoms with Gasteiger partial charge in [-0.05, 0) is 35.4 Å². The Bertz CT molecular complexity index is 2390. The molecule has 4 aromatic carbocycles. The average Bonchev–Trinajstić information content (AvgIpc) is 3.57. The van der Waals surface area contributed by atoms with Crippen molar-refractivity contribution in [1.82, 2.24) is 10.4 Å². The summed E-state index contributed by atoms with van der Waals surface area (Å²) in [5, 5.41) is 0. The molecule has 0 radical (unpaired) electrons. The monoisotopic (exact) mass is 938 g/mol. The lowest BCUT2D eigenvalue weighted by Gasteiger charge is -2.50. The number of imide groups is 1. The number of rotatable bonds is 18. The maximum atomic E-state index is 14.5. The van der Waals surface area contributed by atoms with E-state index in [0.29, 0.717) is 5.56 Å². The van der Waals surface area contributed by atoms with Crippen LogP contribution in [0.2, 0.25) is 0 Å². The average molecular weight is 939 g/mol. The Morgan fingerprint density at radius 2 is 1.04 bits per heavy atom. The fourth-order valence-electron chi connectivity index (χ4n) is 8.08. The molecule has 0 bridgehead atoms. The second-order valence-corrected chi connectivity index (χ2v) is 15.9. The Hall–Kier alpha value is -6.87. The van der Waals surface area contributed by atoms with Crippen LogP contribution in [0, 0.1) is 0 Å². The van der Waals surface area contributed by atoms with Gasteiger partial charge < -0.3 is 42.6 Å². The summed E-state index contributed by atoms with van der Waals surface area (Å²) >= 11 is 0. The van der Waals surface area contributed by atoms with Gasteiger partial charge in [0.05, 0.1) is 30.9 Å². The number of benzene rings is 4. The number of fused-ring (bicyclic) bond motifs is 1. The molecule has 0 spiro atoms. The van der Waals surface area contributed by atoms with E-state index in [1.54, 1.807) is 72.8 Å². The van der Waals surface area contributed by atoms with Crippen molar-refractivity contribution >= 4 is 41.6 Å². The topological polar surface area (TPSA) is 227 Å². The molecule has 1 N–H and O–H groups in total. The van der Waals surface area contributed by atoms with Gasteiger partial charge in [0.2, 0.25) is 6.29 Å². The number of esters is 4. The molecule has 3 aliphatic rings. The van der Waals surface area contributed by atoms with Crippen molar-refractivity contribution < 1.29 is 81.0 Å². The second kappa shape index (κ2) is 22.8. The SMILES string of the molecule is CC(=O)OC[C@H]1O[C@@H](O[C@H]2[C@H](OCc3ccccc3)[C@H](N3C(=O)c4ccccc4C3=O)[C@@H](ONC(=O)c3ccccc3)O[C@@H]2COCc2ccccc2)[C@H](OC(C)=O)[C@@H](OC(C)=O)[C@H]1OC(C)=O. The summed E-state index contributed by atoms with van der Waals surface area (Å²) in [6.45, 7) is 3.40. The van der Waals surface area contributed by atoms with Gasteiger partial charge in [0.15, 0.2) is 24.6 Å². The smallest absolute Gasteiger partial charge is 0.303 e. The number of nitrogens with zero attached hydrogens (tertiary/aromatic N) is 1. The summed E-state index contributed by atoms with van der Waals surface area (Å²) in [4.78, 5) is 99.9. The molecule has 4 aromatic rings. The van der Waals surface area contributed by atoms with Crippen molar-refractivity contribution in [3.63, 3.8) is 0 Å². The van der Waals surface area contributed by atoms with Gasteiger partial charge in [0, 0.05) is 33.3 Å². The molecule has 2 fully saturated rings. The first-order chi connectivity index (χ1) is 32.8. The van der Waals surface area contributed by atoms with Gasteiger partial charge in [-0.25, -0.2) is 10.3 Å². The van der Waals surface area contributed by atoms with E-state index in [1.165, 1.54) is 12.1 Å². The molecule has 358 valence electrons. The lowest BCUT2D eigenvalue weighted by atomic mass is 9.93. The molecule has 19 heteroatoms. The van der Waals surface area contributed by atoms with E-state index >= 15 is 0 Å². The van der Waals surface area contributed by atoms with E-state index in [9.17, 15) is 33.6 Å². The highest BCUT2D eigenvalue weighted by Gasteiger charge is 2.59. The van der Waals surface area contributed by atoms with Crippen LogP contribution < -0.4 is 5.48 Å². The van der Waals surface area contributed by atoms with Crippen LogP contribution in [0.4, 0.5) is 0 Å². The van der Waals surface area contributed by atoms with Crippen LogP contribution in [0.15, 0.2) is 115 Å². The van der Waals surface area contributed by atoms with Gasteiger partial charge in [0.25, 0.3) is 17.7 Å². The number of nitrogens with one attached hydrogen (secondary N) is 1. The molecule has 68 heavy (non-hydrogen) atoms. The molecule has 3 amide bonds. The van der Waals surface area contributed by atoms with Crippen molar-refractivity contribution in [3.8, 4) is 0 Å². The Morgan fingerprint density at radius 1 is 0.544 bits per heavy atom. The van der Waals surface area contributed by atoms with E-state index in [4.69, 9.17) is 47.5 Å². The molecule has 0 aromatic heterocycles. The number of carbonyl (C=O) groups is 7. The predicted molar refractivity (Wildman–Crippen MR) is 232 cm³/mol. The Labute approximate surface area is 390 Å². The zero-order valence-corrected chi connectivity index (χ0v) is 37.5. The van der Waals surface area contributed by atoms with Crippen molar-refractivity contribution in [3.05, 3.63) is 143 Å². The molecule has 0 unspecified atom stereocenters. The van der Waals surface area contributed by atoms with Crippen LogP contribution in [-0.4, -0.2) is 121 Å². The van der Waals surface area contributed by atoms with Gasteiger partial charge in [-0.2, -0.15) is 0 Å². The summed E-state index contributed by atoms with van der Waals surface area (Å²) in [7, 11) is 0. The minimum Gasteiger partial charge on any atom is -0.463 e. The van der Waals surface area contributed by atoms with E-state index in [2.05, 4.69) is 5.48 Å². The number of ether oxygens (including phenoxy) is 9. The Morgan fingerprint density at radius 3 is 1.62 bits per heavy atom. The van der Waals surface area contributed by atoms with Crippen molar-refractivity contribution in [2.75, 3.05) is 13.2 Å². The third kappa shape index (κ3) is 12.0. The lowest BCUT2D eigenvalue weighted by Crippen LogP contribution is -2.70. The molecular weight excluding hydrogens is 889 g/mol. The van der Waals surface area contributed by atoms with Crippen LogP contribution in [0.3, 0.4) is 0 Å². The minimum absolute atomic E-state index is 0.0557. The highest BCUT2D eigenvalue weighted by molar-refractivity contribution is 6.21. The van der Waals surface area contributed by atoms with Crippen molar-refractivity contribution in [2.24, 2.45) is 0 Å². The molecule has 7 rings (SSSR count). The number of amides is 3. The normalized spacial score (nSPS) is 25.4. The molecule has 3 heterocycles. The Balaban J connectivity index is 1.36. The van der Waals surface area contributed by atoms with Crippen molar-refractivity contribution in [2.45, 2.75) is 102 Å². The first-order valence-electron chi connectivity index (χ1n) is 21.7. The van der Waals surface area contributed by atoms with Gasteiger partial charge in [-0.3, -0.25) is 38.5 Å². The first-order valence-corrected chi connectivity index (χ1v) is 21.7. The zero-order valence-electron chi connectivity index (χ0n) is 37.5. The standard InChI is InChI=1S/C49H50N2O17/c1-28(52)60-27-38-41(62-29(2)53)43(63-30(3)54)44(64-31(4)55)49(66-38)67-40-37(26-59-24-32-16-8-5-9-17-32)65-48(68-50-45(56)34-20-12-7-13-21-34)39(42(40)61-25-33-18-10-6-11-19-33)51-46(57)35-22-14-15-23-36(35)47(51)58/h5-23,37-44,48-49H,24-27H2,1-4H3,(H,50,56)/t37-,38-,39+,40-,41+,42-,43+,44-,48-,49+/m1/s1. The third-order valence-electron chi connectivity index (χ3n) is 11.0. The quantitative estimate of drug-likeness (QED) is 0.0644. The zero-order chi connectivity index (χ0) is 48.3. The van der Waals surface area contributed by atoms with Gasteiger partial charge in [-0.15, -0.1) is 0 Å². The minimum atomic E-state index is -1.79. The summed E-state index contributed by atoms with van der Waals surface area (Å²) < 4.78 is 55.2. The van der Waals surface area contributed by atoms with Gasteiger partial charge in [-0.1, -0.05) is 91.0 Å². The van der Waals surface area contributed by atoms with Crippen LogP contribution in [-0.2, 0) is 79.9 Å². The maximum Gasteiger partial charge on any atom is 0.303 e. The number of hydrogen-bond donors (Lipinski definition) is 1. The summed E-state index contributed by atoms with van der Waals surface area (Å²) in [5.74, 6) is -5.54. The molecule has 10 atom stereocenters. The largest absolute Gasteiger partial charge is 0.463 e. The summed E-state index contributed by atoms with van der Waals surface area (Å²) in [5.41, 5.74) is 4.18. The lowest BCUT2D eigenvalue weighted by molar-refractivity contribution is -0.359. The molecule has 19 nitrogen and oxygen atoms in total. The number of carbonyl (C=O) groups excluding carboxylic acids is 7. The van der Waals surface area contributed by atoms with E-state index < -0.39 is 110 Å². The molecular formula is C49H50N2O17. The van der Waals surface area contributed by atoms with Crippen LogP contribution in [0.5, 0.6) is 0 Å². The second-order valence-electron chi connectivity index (χ2n) is 15.9. The van der Waals surface area contributed by atoms with E-state index in [-0.39, 0.29) is 36.5 Å². The Kier molecular flexibility index (Phi) is 16.4. The van der Waals surface area contributed by atoms with Gasteiger partial charge >= 0.3 is 23.9 Å². The fourth-order valence-corrected chi connectivity index (χ4v) is 8.08. The van der Waals surface area contributed by atoms with Crippen LogP contribution in [0.1, 0.15) is 69.9 Å². The maximum absolute atomic E-state index is 14.5. The highest BCUT2D eigenvalue weighted by atomic mass is 16.8. The molecule has 0 aliphatic carbocycles. The van der Waals surface area contributed by atoms with Crippen LogP contribution >= 0.6 is 0 Å². The van der Waals surface area contributed by atoms with E-state index in [1.807, 2.05) is 30.3 Å². The molecule has 2 saturated heterocycles. The first kappa shape index (κ1) is 49.0.